The number of ether oxygens (including phenoxy) is 3. The second-order valence-electron chi connectivity index (χ2n) is 7.72. The van der Waals surface area contributed by atoms with Gasteiger partial charge in [0, 0.05) is 18.2 Å². The topological polar surface area (TPSA) is 107 Å². The van der Waals surface area contributed by atoms with Crippen molar-refractivity contribution in [1.29, 1.82) is 0 Å². The third-order valence-electron chi connectivity index (χ3n) is 5.58. The van der Waals surface area contributed by atoms with Crippen LogP contribution in [0.3, 0.4) is 0 Å². The fourth-order valence-corrected chi connectivity index (χ4v) is 3.98. The van der Waals surface area contributed by atoms with Crippen molar-refractivity contribution in [3.8, 4) is 17.2 Å². The number of benzene rings is 2. The van der Waals surface area contributed by atoms with Crippen LogP contribution in [0.1, 0.15) is 38.4 Å². The lowest BCUT2D eigenvalue weighted by molar-refractivity contribution is -0.275. The molecule has 188 valence electrons. The normalized spacial score (nSPS) is 16.9. The molecule has 0 radical (unpaired) electrons. The molecule has 0 saturated carbocycles. The number of fused-ring (bicyclic) bond motifs is 1. The number of methoxy groups -OCH3 is 1. The summed E-state index contributed by atoms with van der Waals surface area (Å²) in [6.07, 6.45) is -3.61. The zero-order chi connectivity index (χ0) is 26.1. The van der Waals surface area contributed by atoms with Crippen molar-refractivity contribution < 1.29 is 46.5 Å². The van der Waals surface area contributed by atoms with Crippen LogP contribution in [0.25, 0.3) is 0 Å². The number of aromatic nitrogens is 1. The third-order valence-corrected chi connectivity index (χ3v) is 5.58. The number of hydrogen-bond acceptors (Lipinski definition) is 6. The van der Waals surface area contributed by atoms with E-state index in [4.69, 9.17) is 9.47 Å². The number of carbonyl (C=O) groups is 2. The fraction of sp³-hybridized carbons (Fsp3) is 0.208. The maximum Gasteiger partial charge on any atom is 0.573 e. The van der Waals surface area contributed by atoms with Crippen molar-refractivity contribution >= 4 is 11.9 Å². The number of carboxylic acids is 1. The second kappa shape index (κ2) is 9.36. The molecule has 3 aromatic rings. The van der Waals surface area contributed by atoms with E-state index in [0.29, 0.717) is 5.75 Å². The molecule has 0 bridgehead atoms. The monoisotopic (exact) mass is 506 g/mol. The highest BCUT2D eigenvalue weighted by Crippen LogP contribution is 2.42. The maximum absolute atomic E-state index is 14.7. The minimum absolute atomic E-state index is 0.0256. The molecule has 0 saturated heterocycles. The van der Waals surface area contributed by atoms with Crippen molar-refractivity contribution in [2.75, 3.05) is 13.7 Å². The number of hydrogen-bond donors (Lipinski definition) is 2. The average Bonchev–Trinajstić information content (AvgIpc) is 2.84. The zero-order valence-electron chi connectivity index (χ0n) is 18.6. The number of pyridine rings is 1. The van der Waals surface area contributed by atoms with Gasteiger partial charge < -0.3 is 24.6 Å². The molecule has 8 nitrogen and oxygen atoms in total. The van der Waals surface area contributed by atoms with Crippen LogP contribution in [0.5, 0.6) is 17.2 Å². The van der Waals surface area contributed by atoms with Crippen LogP contribution >= 0.6 is 0 Å². The molecule has 1 aromatic heterocycles. The highest BCUT2D eigenvalue weighted by molar-refractivity contribution is 5.98. The summed E-state index contributed by atoms with van der Waals surface area (Å²) in [6, 6.07) is 9.72. The number of alkyl halides is 3. The van der Waals surface area contributed by atoms with Crippen molar-refractivity contribution in [2.24, 2.45) is 0 Å². The van der Waals surface area contributed by atoms with Gasteiger partial charge in [-0.15, -0.1) is 13.2 Å². The minimum Gasteiger partial charge on any atom is -0.496 e. The number of amides is 1. The van der Waals surface area contributed by atoms with Crippen LogP contribution in [0.15, 0.2) is 54.7 Å². The molecule has 2 N–H and O–H groups in total. The van der Waals surface area contributed by atoms with E-state index in [2.05, 4.69) is 15.0 Å². The number of carbonyl (C=O) groups excluding carboxylic acids is 1. The first-order valence-corrected chi connectivity index (χ1v) is 10.4. The summed E-state index contributed by atoms with van der Waals surface area (Å²) in [4.78, 5) is 29.0. The lowest BCUT2D eigenvalue weighted by atomic mass is 9.81. The smallest absolute Gasteiger partial charge is 0.496 e. The molecule has 1 amide bonds. The molecule has 0 aliphatic carbocycles. The van der Waals surface area contributed by atoms with Crippen LogP contribution in [0, 0.1) is 5.82 Å². The molecule has 1 unspecified atom stereocenters. The Labute approximate surface area is 201 Å². The Balaban J connectivity index is 1.80. The van der Waals surface area contributed by atoms with E-state index in [1.165, 1.54) is 37.6 Å². The summed E-state index contributed by atoms with van der Waals surface area (Å²) >= 11 is 0. The molecular formula is C24H18F4N2O6. The van der Waals surface area contributed by atoms with Crippen molar-refractivity contribution in [3.05, 3.63) is 82.9 Å². The predicted octanol–water partition coefficient (Wildman–Crippen LogP) is 4.28. The number of aromatic carboxylic acids is 1. The molecule has 1 aliphatic rings. The SMILES string of the molecule is COc1cc(C(=O)NC2(c3ccc(OC(F)(F)F)c(F)c3)CCOc3cccnc32)ccc1C(=O)O. The summed E-state index contributed by atoms with van der Waals surface area (Å²) in [6.45, 7) is 0.0721. The molecule has 2 aromatic carbocycles. The van der Waals surface area contributed by atoms with E-state index < -0.39 is 35.3 Å². The molecule has 1 atom stereocenters. The molecule has 1 aliphatic heterocycles. The van der Waals surface area contributed by atoms with Gasteiger partial charge in [-0.1, -0.05) is 6.07 Å². The first-order chi connectivity index (χ1) is 17.0. The quantitative estimate of drug-likeness (QED) is 0.481. The van der Waals surface area contributed by atoms with Crippen molar-refractivity contribution in [3.63, 3.8) is 0 Å². The number of rotatable bonds is 6. The molecule has 36 heavy (non-hydrogen) atoms. The third kappa shape index (κ3) is 4.74. The summed E-state index contributed by atoms with van der Waals surface area (Å²) in [5.41, 5.74) is -1.33. The highest BCUT2D eigenvalue weighted by atomic mass is 19.4. The lowest BCUT2D eigenvalue weighted by Gasteiger charge is -2.39. The van der Waals surface area contributed by atoms with Crippen LogP contribution in [-0.4, -0.2) is 42.0 Å². The van der Waals surface area contributed by atoms with E-state index >= 15 is 0 Å². The first-order valence-electron chi connectivity index (χ1n) is 10.4. The van der Waals surface area contributed by atoms with Gasteiger partial charge in [0.2, 0.25) is 0 Å². The van der Waals surface area contributed by atoms with Crippen molar-refractivity contribution in [2.45, 2.75) is 18.3 Å². The Morgan fingerprint density at radius 2 is 1.92 bits per heavy atom. The molecule has 4 rings (SSSR count). The van der Waals surface area contributed by atoms with Crippen LogP contribution in [-0.2, 0) is 5.54 Å². The summed E-state index contributed by atoms with van der Waals surface area (Å²) in [5.74, 6) is -4.05. The van der Waals surface area contributed by atoms with Gasteiger partial charge in [-0.05, 0) is 48.0 Å². The van der Waals surface area contributed by atoms with Gasteiger partial charge in [0.1, 0.15) is 28.3 Å². The first kappa shape index (κ1) is 24.8. The Morgan fingerprint density at radius 3 is 2.58 bits per heavy atom. The van der Waals surface area contributed by atoms with E-state index in [1.807, 2.05) is 0 Å². The average molecular weight is 506 g/mol. The van der Waals surface area contributed by atoms with E-state index in [9.17, 15) is 32.3 Å². The van der Waals surface area contributed by atoms with E-state index in [1.54, 1.807) is 12.1 Å². The van der Waals surface area contributed by atoms with Gasteiger partial charge in [-0.25, -0.2) is 9.18 Å². The molecular weight excluding hydrogens is 488 g/mol. The Kier molecular flexibility index (Phi) is 6.44. The summed E-state index contributed by atoms with van der Waals surface area (Å²) < 4.78 is 67.0. The minimum atomic E-state index is -5.09. The number of nitrogens with one attached hydrogen (secondary N) is 1. The Morgan fingerprint density at radius 1 is 1.14 bits per heavy atom. The number of halogens is 4. The second-order valence-corrected chi connectivity index (χ2v) is 7.72. The van der Waals surface area contributed by atoms with Crippen LogP contribution in [0.2, 0.25) is 0 Å². The van der Waals surface area contributed by atoms with Gasteiger partial charge in [0.05, 0.1) is 13.7 Å². The Hall–Kier alpha value is -4.35. The van der Waals surface area contributed by atoms with E-state index in [0.717, 1.165) is 12.1 Å². The molecule has 12 heteroatoms. The van der Waals surface area contributed by atoms with E-state index in [-0.39, 0.29) is 41.2 Å². The summed E-state index contributed by atoms with van der Waals surface area (Å²) in [5, 5.41) is 12.1. The fourth-order valence-electron chi connectivity index (χ4n) is 3.98. The lowest BCUT2D eigenvalue weighted by Crippen LogP contribution is -2.50. The predicted molar refractivity (Wildman–Crippen MR) is 116 cm³/mol. The number of carboxylic acid groups (broad SMARTS) is 1. The molecule has 0 fully saturated rings. The van der Waals surface area contributed by atoms with Crippen LogP contribution < -0.4 is 19.5 Å². The standard InChI is InChI=1S/C24H18F4N2O6/c1-34-19-11-13(4-6-15(19)22(32)33)21(31)30-23(8-10-35-18-3-2-9-29-20(18)23)14-5-7-17(16(25)12-14)36-24(26,27)28/h2-7,9,11-12H,8,10H2,1H3,(H,30,31)(H,32,33). The van der Waals surface area contributed by atoms with Gasteiger partial charge in [-0.2, -0.15) is 0 Å². The molecule has 0 spiro atoms. The number of nitrogens with zero attached hydrogens (tertiary/aromatic N) is 1. The van der Waals surface area contributed by atoms with Gasteiger partial charge >= 0.3 is 12.3 Å². The highest BCUT2D eigenvalue weighted by Gasteiger charge is 2.43. The Bertz CT molecular complexity index is 1330. The zero-order valence-corrected chi connectivity index (χ0v) is 18.6. The van der Waals surface area contributed by atoms with Crippen molar-refractivity contribution in [1.82, 2.24) is 10.3 Å². The maximum atomic E-state index is 14.7. The van der Waals surface area contributed by atoms with Gasteiger partial charge in [0.15, 0.2) is 11.6 Å². The molecule has 2 heterocycles. The van der Waals surface area contributed by atoms with Gasteiger partial charge in [-0.3, -0.25) is 9.78 Å². The van der Waals surface area contributed by atoms with Crippen LogP contribution in [0.4, 0.5) is 17.6 Å². The largest absolute Gasteiger partial charge is 0.573 e. The summed E-state index contributed by atoms with van der Waals surface area (Å²) in [7, 11) is 1.25. The van der Waals surface area contributed by atoms with Gasteiger partial charge in [0.25, 0.3) is 5.91 Å².